The Labute approximate surface area is 165 Å². The number of carbonyl (C=O) groups is 2. The van der Waals surface area contributed by atoms with Gasteiger partial charge in [0.15, 0.2) is 0 Å². The predicted molar refractivity (Wildman–Crippen MR) is 101 cm³/mol. The maximum atomic E-state index is 13.0. The van der Waals surface area contributed by atoms with Gasteiger partial charge in [-0.2, -0.15) is 13.2 Å². The third-order valence-electron chi connectivity index (χ3n) is 4.83. The Morgan fingerprint density at radius 1 is 1.21 bits per heavy atom. The molecule has 1 atom stereocenters. The molecule has 2 amide bonds. The van der Waals surface area contributed by atoms with Crippen LogP contribution in [0.25, 0.3) is 0 Å². The standard InChI is InChI=1S/C20H21F3N2O2S/c1-24(13-14-6-4-7-15(12-14)20(21,22)23)18(26)16-8-2-3-10-25(16)19(27)17-9-5-11-28-17/h4-7,9,11-12,16H,2-3,8,10,13H2,1H3. The molecule has 0 radical (unpaired) electrons. The Morgan fingerprint density at radius 2 is 2.00 bits per heavy atom. The van der Waals surface area contributed by atoms with Gasteiger partial charge in [0.05, 0.1) is 10.4 Å². The second kappa shape index (κ2) is 8.34. The van der Waals surface area contributed by atoms with Crippen molar-refractivity contribution in [2.45, 2.75) is 38.0 Å². The molecule has 2 aromatic rings. The van der Waals surface area contributed by atoms with Crippen LogP contribution in [0.2, 0.25) is 0 Å². The molecule has 0 N–H and O–H groups in total. The zero-order chi connectivity index (χ0) is 20.3. The van der Waals surface area contributed by atoms with Gasteiger partial charge in [-0.1, -0.05) is 18.2 Å². The second-order valence-electron chi connectivity index (χ2n) is 6.88. The molecule has 0 bridgehead atoms. The molecule has 1 unspecified atom stereocenters. The molecule has 0 saturated carbocycles. The highest BCUT2D eigenvalue weighted by Crippen LogP contribution is 2.30. The lowest BCUT2D eigenvalue weighted by atomic mass is 10.00. The van der Waals surface area contributed by atoms with Crippen LogP contribution < -0.4 is 0 Å². The summed E-state index contributed by atoms with van der Waals surface area (Å²) in [6.07, 6.45) is -2.20. The number of hydrogen-bond acceptors (Lipinski definition) is 3. The largest absolute Gasteiger partial charge is 0.416 e. The van der Waals surface area contributed by atoms with E-state index in [4.69, 9.17) is 0 Å². The van der Waals surface area contributed by atoms with Gasteiger partial charge in [-0.15, -0.1) is 11.3 Å². The maximum Gasteiger partial charge on any atom is 0.416 e. The first-order valence-corrected chi connectivity index (χ1v) is 9.91. The molecule has 3 rings (SSSR count). The molecule has 1 saturated heterocycles. The molecule has 1 fully saturated rings. The summed E-state index contributed by atoms with van der Waals surface area (Å²) in [7, 11) is 1.56. The predicted octanol–water partition coefficient (Wildman–Crippen LogP) is 4.42. The minimum Gasteiger partial charge on any atom is -0.340 e. The van der Waals surface area contributed by atoms with Crippen LogP contribution in [0.3, 0.4) is 0 Å². The quantitative estimate of drug-likeness (QED) is 0.749. The highest BCUT2D eigenvalue weighted by molar-refractivity contribution is 7.12. The number of carbonyl (C=O) groups excluding carboxylic acids is 2. The van der Waals surface area contributed by atoms with E-state index < -0.39 is 17.8 Å². The highest BCUT2D eigenvalue weighted by Gasteiger charge is 2.35. The number of halogens is 3. The minimum absolute atomic E-state index is 0.0558. The van der Waals surface area contributed by atoms with Gasteiger partial charge in [-0.05, 0) is 48.4 Å². The zero-order valence-electron chi connectivity index (χ0n) is 15.4. The normalized spacial score (nSPS) is 17.4. The van der Waals surface area contributed by atoms with Crippen LogP contribution in [0, 0.1) is 0 Å². The summed E-state index contributed by atoms with van der Waals surface area (Å²) in [6, 6.07) is 7.90. The third kappa shape index (κ3) is 4.55. The average Bonchev–Trinajstić information content (AvgIpc) is 3.21. The molecule has 4 nitrogen and oxygen atoms in total. The molecular formula is C20H21F3N2O2S. The van der Waals surface area contributed by atoms with Crippen LogP contribution >= 0.6 is 11.3 Å². The van der Waals surface area contributed by atoms with E-state index in [1.807, 2.05) is 5.38 Å². The number of nitrogens with zero attached hydrogens (tertiary/aromatic N) is 2. The number of piperidine rings is 1. The van der Waals surface area contributed by atoms with Gasteiger partial charge >= 0.3 is 6.18 Å². The second-order valence-corrected chi connectivity index (χ2v) is 7.83. The Balaban J connectivity index is 1.73. The van der Waals surface area contributed by atoms with Crippen LogP contribution in [0.15, 0.2) is 41.8 Å². The average molecular weight is 410 g/mol. The number of thiophene rings is 1. The lowest BCUT2D eigenvalue weighted by Gasteiger charge is -2.36. The highest BCUT2D eigenvalue weighted by atomic mass is 32.1. The van der Waals surface area contributed by atoms with Crippen molar-refractivity contribution in [2.75, 3.05) is 13.6 Å². The number of hydrogen-bond donors (Lipinski definition) is 0. The summed E-state index contributed by atoms with van der Waals surface area (Å²) >= 11 is 1.33. The molecule has 0 aliphatic carbocycles. The molecule has 1 aromatic carbocycles. The van der Waals surface area contributed by atoms with Gasteiger partial charge in [-0.25, -0.2) is 0 Å². The van der Waals surface area contributed by atoms with Crippen LogP contribution in [0.5, 0.6) is 0 Å². The number of alkyl halides is 3. The SMILES string of the molecule is CN(Cc1cccc(C(F)(F)F)c1)C(=O)C1CCCCN1C(=O)c1cccs1. The molecule has 2 heterocycles. The van der Waals surface area contributed by atoms with E-state index in [1.165, 1.54) is 22.3 Å². The van der Waals surface area contributed by atoms with Gasteiger partial charge in [-0.3, -0.25) is 9.59 Å². The molecule has 1 aromatic heterocycles. The van der Waals surface area contributed by atoms with E-state index >= 15 is 0 Å². The summed E-state index contributed by atoms with van der Waals surface area (Å²) < 4.78 is 38.7. The van der Waals surface area contributed by atoms with E-state index in [0.717, 1.165) is 25.0 Å². The number of rotatable bonds is 4. The van der Waals surface area contributed by atoms with Crippen molar-refractivity contribution in [3.8, 4) is 0 Å². The molecular weight excluding hydrogens is 389 g/mol. The van der Waals surface area contributed by atoms with Crippen molar-refractivity contribution >= 4 is 23.2 Å². The number of likely N-dealkylation sites (N-methyl/N-ethyl adjacent to an activating group) is 1. The Hall–Kier alpha value is -2.35. The summed E-state index contributed by atoms with van der Waals surface area (Å²) in [5.74, 6) is -0.414. The molecule has 150 valence electrons. The van der Waals surface area contributed by atoms with E-state index in [2.05, 4.69) is 0 Å². The number of benzene rings is 1. The zero-order valence-corrected chi connectivity index (χ0v) is 16.2. The first-order valence-electron chi connectivity index (χ1n) is 9.03. The lowest BCUT2D eigenvalue weighted by Crippen LogP contribution is -2.52. The van der Waals surface area contributed by atoms with E-state index in [1.54, 1.807) is 30.1 Å². The maximum absolute atomic E-state index is 13.0. The van der Waals surface area contributed by atoms with Gasteiger partial charge in [0.25, 0.3) is 5.91 Å². The first-order chi connectivity index (χ1) is 13.3. The summed E-state index contributed by atoms with van der Waals surface area (Å²) in [6.45, 7) is 0.560. The number of likely N-dealkylation sites (tertiary alicyclic amines) is 1. The van der Waals surface area contributed by atoms with Crippen molar-refractivity contribution in [1.29, 1.82) is 0 Å². The fraction of sp³-hybridized carbons (Fsp3) is 0.400. The van der Waals surface area contributed by atoms with Crippen LogP contribution in [-0.2, 0) is 17.5 Å². The topological polar surface area (TPSA) is 40.6 Å². The molecule has 1 aliphatic heterocycles. The van der Waals surface area contributed by atoms with Crippen molar-refractivity contribution in [2.24, 2.45) is 0 Å². The van der Waals surface area contributed by atoms with Crippen molar-refractivity contribution in [1.82, 2.24) is 9.80 Å². The minimum atomic E-state index is -4.42. The lowest BCUT2D eigenvalue weighted by molar-refractivity contribution is -0.137. The molecule has 1 aliphatic rings. The molecule has 8 heteroatoms. The fourth-order valence-electron chi connectivity index (χ4n) is 3.43. The summed E-state index contributed by atoms with van der Waals surface area (Å²) in [5.41, 5.74) is -0.337. The van der Waals surface area contributed by atoms with Crippen LogP contribution in [-0.4, -0.2) is 41.2 Å². The van der Waals surface area contributed by atoms with Gasteiger partial charge in [0.2, 0.25) is 5.91 Å². The Kier molecular flexibility index (Phi) is 6.07. The van der Waals surface area contributed by atoms with Crippen LogP contribution in [0.4, 0.5) is 13.2 Å². The summed E-state index contributed by atoms with van der Waals surface area (Å²) in [5, 5.41) is 1.81. The van der Waals surface area contributed by atoms with E-state index in [0.29, 0.717) is 23.4 Å². The Bertz CT molecular complexity index is 836. The molecule has 28 heavy (non-hydrogen) atoms. The van der Waals surface area contributed by atoms with E-state index in [9.17, 15) is 22.8 Å². The smallest absolute Gasteiger partial charge is 0.340 e. The van der Waals surface area contributed by atoms with Crippen molar-refractivity contribution < 1.29 is 22.8 Å². The number of amides is 2. The van der Waals surface area contributed by atoms with Crippen LogP contribution in [0.1, 0.15) is 40.1 Å². The monoisotopic (exact) mass is 410 g/mol. The fourth-order valence-corrected chi connectivity index (χ4v) is 4.10. The van der Waals surface area contributed by atoms with Gasteiger partial charge in [0.1, 0.15) is 6.04 Å². The van der Waals surface area contributed by atoms with Gasteiger partial charge in [0, 0.05) is 20.1 Å². The van der Waals surface area contributed by atoms with Crippen molar-refractivity contribution in [3.63, 3.8) is 0 Å². The molecule has 0 spiro atoms. The first kappa shape index (κ1) is 20.4. The van der Waals surface area contributed by atoms with Gasteiger partial charge < -0.3 is 9.80 Å². The van der Waals surface area contributed by atoms with E-state index in [-0.39, 0.29) is 18.4 Å². The third-order valence-corrected chi connectivity index (χ3v) is 5.69. The summed E-state index contributed by atoms with van der Waals surface area (Å²) in [4.78, 5) is 29.3. The van der Waals surface area contributed by atoms with Crippen molar-refractivity contribution in [3.05, 3.63) is 57.8 Å². The Morgan fingerprint density at radius 3 is 2.68 bits per heavy atom.